The molecule has 0 heterocycles. The van der Waals surface area contributed by atoms with Crippen molar-refractivity contribution in [2.24, 2.45) is 0 Å². The van der Waals surface area contributed by atoms with Gasteiger partial charge in [-0.25, -0.2) is 0 Å². The molecule has 1 aromatic rings. The highest BCUT2D eigenvalue weighted by Crippen LogP contribution is 2.09. The van der Waals surface area contributed by atoms with Gasteiger partial charge < -0.3 is 4.74 Å². The standard InChI is InChI=1S/C13H15ClN2O4/c1-16(8-12(18)20-2)7-11(17)15-13(19)9-3-5-10(14)6-4-9/h3-6H,7-8H2,1-2H3,(H,15,17,19). The van der Waals surface area contributed by atoms with E-state index in [2.05, 4.69) is 10.1 Å². The molecular formula is C13H15ClN2O4. The Morgan fingerprint density at radius 3 is 2.35 bits per heavy atom. The highest BCUT2D eigenvalue weighted by molar-refractivity contribution is 6.30. The second-order valence-corrected chi connectivity index (χ2v) is 4.57. The summed E-state index contributed by atoms with van der Waals surface area (Å²) in [5, 5.41) is 2.73. The first kappa shape index (κ1) is 16.1. The molecule has 108 valence electrons. The van der Waals surface area contributed by atoms with E-state index in [1.807, 2.05) is 0 Å². The van der Waals surface area contributed by atoms with Crippen molar-refractivity contribution in [3.05, 3.63) is 34.9 Å². The Hall–Kier alpha value is -1.92. The fourth-order valence-corrected chi connectivity index (χ4v) is 1.55. The first-order valence-electron chi connectivity index (χ1n) is 5.77. The highest BCUT2D eigenvalue weighted by Gasteiger charge is 2.14. The number of methoxy groups -OCH3 is 1. The van der Waals surface area contributed by atoms with Crippen LogP contribution in [0.25, 0.3) is 0 Å². The zero-order valence-corrected chi connectivity index (χ0v) is 11.9. The van der Waals surface area contributed by atoms with Crippen LogP contribution in [0.2, 0.25) is 5.02 Å². The lowest BCUT2D eigenvalue weighted by Gasteiger charge is -2.14. The quantitative estimate of drug-likeness (QED) is 0.810. The Kier molecular flexibility index (Phi) is 6.14. The Morgan fingerprint density at radius 2 is 1.80 bits per heavy atom. The van der Waals surface area contributed by atoms with Gasteiger partial charge in [0.15, 0.2) is 0 Å². The highest BCUT2D eigenvalue weighted by atomic mass is 35.5. The Labute approximate surface area is 121 Å². The smallest absolute Gasteiger partial charge is 0.319 e. The van der Waals surface area contributed by atoms with Crippen molar-refractivity contribution in [3.8, 4) is 0 Å². The maximum atomic E-state index is 11.7. The summed E-state index contributed by atoms with van der Waals surface area (Å²) >= 11 is 5.70. The molecule has 0 spiro atoms. The monoisotopic (exact) mass is 298 g/mol. The predicted molar refractivity (Wildman–Crippen MR) is 73.4 cm³/mol. The van der Waals surface area contributed by atoms with Crippen molar-refractivity contribution in [3.63, 3.8) is 0 Å². The van der Waals surface area contributed by atoms with Gasteiger partial charge in [0.25, 0.3) is 5.91 Å². The van der Waals surface area contributed by atoms with Gasteiger partial charge in [-0.1, -0.05) is 11.6 Å². The van der Waals surface area contributed by atoms with E-state index in [9.17, 15) is 14.4 Å². The summed E-state index contributed by atoms with van der Waals surface area (Å²) in [5.74, 6) is -1.47. The van der Waals surface area contributed by atoms with Crippen molar-refractivity contribution in [2.75, 3.05) is 27.2 Å². The molecule has 0 aromatic heterocycles. The molecule has 6 nitrogen and oxygen atoms in total. The number of carbonyl (C=O) groups is 3. The number of amides is 2. The van der Waals surface area contributed by atoms with E-state index < -0.39 is 17.8 Å². The molecule has 0 unspecified atom stereocenters. The fraction of sp³-hybridized carbons (Fsp3) is 0.308. The van der Waals surface area contributed by atoms with Crippen molar-refractivity contribution in [2.45, 2.75) is 0 Å². The maximum absolute atomic E-state index is 11.7. The number of nitrogens with zero attached hydrogens (tertiary/aromatic N) is 1. The van der Waals surface area contributed by atoms with E-state index in [0.717, 1.165) is 0 Å². The topological polar surface area (TPSA) is 75.7 Å². The van der Waals surface area contributed by atoms with Crippen LogP contribution >= 0.6 is 11.6 Å². The number of benzene rings is 1. The van der Waals surface area contributed by atoms with E-state index in [0.29, 0.717) is 10.6 Å². The molecule has 2 amide bonds. The molecule has 0 saturated heterocycles. The molecule has 20 heavy (non-hydrogen) atoms. The van der Waals surface area contributed by atoms with Gasteiger partial charge in [0.2, 0.25) is 5.91 Å². The van der Waals surface area contributed by atoms with E-state index in [1.54, 1.807) is 19.2 Å². The minimum atomic E-state index is -0.516. The van der Waals surface area contributed by atoms with Gasteiger partial charge >= 0.3 is 5.97 Å². The SMILES string of the molecule is COC(=O)CN(C)CC(=O)NC(=O)c1ccc(Cl)cc1. The Morgan fingerprint density at radius 1 is 1.20 bits per heavy atom. The summed E-state index contributed by atoms with van der Waals surface area (Å²) in [5.41, 5.74) is 0.332. The van der Waals surface area contributed by atoms with Crippen LogP contribution in [0.4, 0.5) is 0 Å². The fourth-order valence-electron chi connectivity index (χ4n) is 1.43. The van der Waals surface area contributed by atoms with Gasteiger partial charge in [0.1, 0.15) is 0 Å². The molecule has 0 aliphatic carbocycles. The van der Waals surface area contributed by atoms with Crippen molar-refractivity contribution in [1.29, 1.82) is 0 Å². The third-order valence-corrected chi connectivity index (χ3v) is 2.65. The molecule has 0 aliphatic heterocycles. The molecule has 0 bridgehead atoms. The second-order valence-electron chi connectivity index (χ2n) is 4.13. The average molecular weight is 299 g/mol. The summed E-state index contributed by atoms with van der Waals surface area (Å²) in [6.07, 6.45) is 0. The summed E-state index contributed by atoms with van der Waals surface area (Å²) in [6.45, 7) is -0.118. The van der Waals surface area contributed by atoms with Gasteiger partial charge in [0, 0.05) is 10.6 Å². The van der Waals surface area contributed by atoms with Gasteiger partial charge in [0.05, 0.1) is 20.2 Å². The lowest BCUT2D eigenvalue weighted by atomic mass is 10.2. The molecule has 0 radical (unpaired) electrons. The van der Waals surface area contributed by atoms with Crippen molar-refractivity contribution in [1.82, 2.24) is 10.2 Å². The maximum Gasteiger partial charge on any atom is 0.319 e. The zero-order chi connectivity index (χ0) is 15.1. The predicted octanol–water partition coefficient (Wildman–Crippen LogP) is 0.701. The molecule has 1 aromatic carbocycles. The molecule has 0 fully saturated rings. The lowest BCUT2D eigenvalue weighted by Crippen LogP contribution is -2.40. The van der Waals surface area contributed by atoms with Gasteiger partial charge in [-0.2, -0.15) is 0 Å². The van der Waals surface area contributed by atoms with E-state index >= 15 is 0 Å². The molecule has 1 rings (SSSR count). The third kappa shape index (κ3) is 5.38. The van der Waals surface area contributed by atoms with Crippen molar-refractivity contribution < 1.29 is 19.1 Å². The largest absolute Gasteiger partial charge is 0.468 e. The molecule has 0 atom stereocenters. The zero-order valence-electron chi connectivity index (χ0n) is 11.2. The first-order chi connectivity index (χ1) is 9.42. The summed E-state index contributed by atoms with van der Waals surface area (Å²) < 4.78 is 4.47. The van der Waals surface area contributed by atoms with Crippen LogP contribution in [-0.4, -0.2) is 49.9 Å². The van der Waals surface area contributed by atoms with Gasteiger partial charge in [-0.05, 0) is 31.3 Å². The number of rotatable bonds is 5. The molecule has 0 aliphatic rings. The van der Waals surface area contributed by atoms with Crippen LogP contribution in [0.1, 0.15) is 10.4 Å². The van der Waals surface area contributed by atoms with Crippen LogP contribution in [0.3, 0.4) is 0 Å². The number of esters is 1. The van der Waals surface area contributed by atoms with Crippen LogP contribution in [0.15, 0.2) is 24.3 Å². The Balaban J connectivity index is 2.47. The summed E-state index contributed by atoms with van der Waals surface area (Å²) in [6, 6.07) is 6.15. The third-order valence-electron chi connectivity index (χ3n) is 2.40. The van der Waals surface area contributed by atoms with Crippen molar-refractivity contribution >= 4 is 29.4 Å². The van der Waals surface area contributed by atoms with Gasteiger partial charge in [-0.3, -0.25) is 24.6 Å². The molecule has 0 saturated carbocycles. The summed E-state index contributed by atoms with van der Waals surface area (Å²) in [4.78, 5) is 35.8. The molecular weight excluding hydrogens is 284 g/mol. The minimum absolute atomic E-state index is 0.0287. The van der Waals surface area contributed by atoms with E-state index in [-0.39, 0.29) is 13.1 Å². The Bertz CT molecular complexity index is 502. The van der Waals surface area contributed by atoms with Gasteiger partial charge in [-0.15, -0.1) is 0 Å². The number of ether oxygens (including phenoxy) is 1. The summed E-state index contributed by atoms with van der Waals surface area (Å²) in [7, 11) is 2.84. The number of likely N-dealkylation sites (N-methyl/N-ethyl adjacent to an activating group) is 1. The normalized spacial score (nSPS) is 10.2. The number of hydrogen-bond donors (Lipinski definition) is 1. The van der Waals surface area contributed by atoms with Crippen LogP contribution in [0, 0.1) is 0 Å². The van der Waals surface area contributed by atoms with Crippen LogP contribution in [-0.2, 0) is 14.3 Å². The number of carbonyl (C=O) groups excluding carboxylic acids is 3. The number of imide groups is 1. The molecule has 7 heteroatoms. The minimum Gasteiger partial charge on any atom is -0.468 e. The van der Waals surface area contributed by atoms with Crippen LogP contribution < -0.4 is 5.32 Å². The second kappa shape index (κ2) is 7.62. The van der Waals surface area contributed by atoms with E-state index in [4.69, 9.17) is 11.6 Å². The van der Waals surface area contributed by atoms with E-state index in [1.165, 1.54) is 24.1 Å². The number of nitrogens with one attached hydrogen (secondary N) is 1. The van der Waals surface area contributed by atoms with Crippen LogP contribution in [0.5, 0.6) is 0 Å². The number of hydrogen-bond acceptors (Lipinski definition) is 5. The first-order valence-corrected chi connectivity index (χ1v) is 6.15. The molecule has 1 N–H and O–H groups in total. The number of halogens is 1. The average Bonchev–Trinajstić information content (AvgIpc) is 2.38. The lowest BCUT2D eigenvalue weighted by molar-refractivity contribution is -0.141.